The molecule has 0 radical (unpaired) electrons. The maximum atomic E-state index is 12.0. The van der Waals surface area contributed by atoms with Gasteiger partial charge in [-0.1, -0.05) is 49.7 Å². The van der Waals surface area contributed by atoms with E-state index in [1.165, 1.54) is 0 Å². The third-order valence-corrected chi connectivity index (χ3v) is 3.21. The lowest BCUT2D eigenvalue weighted by atomic mass is 10.0. The van der Waals surface area contributed by atoms with Crippen LogP contribution < -0.4 is 10.6 Å². The van der Waals surface area contributed by atoms with E-state index in [2.05, 4.69) is 22.5 Å². The van der Waals surface area contributed by atoms with Crippen molar-refractivity contribution >= 4 is 6.03 Å². The fourth-order valence-electron chi connectivity index (χ4n) is 2.08. The highest BCUT2D eigenvalue weighted by atomic mass is 16.2. The van der Waals surface area contributed by atoms with Crippen molar-refractivity contribution in [2.45, 2.75) is 25.8 Å². The zero-order valence-electron chi connectivity index (χ0n) is 12.3. The van der Waals surface area contributed by atoms with Gasteiger partial charge in [0.2, 0.25) is 0 Å². The van der Waals surface area contributed by atoms with Crippen molar-refractivity contribution in [3.8, 4) is 0 Å². The van der Waals surface area contributed by atoms with Gasteiger partial charge in [-0.25, -0.2) is 4.79 Å². The first-order valence-corrected chi connectivity index (χ1v) is 7.31. The molecule has 2 N–H and O–H groups in total. The molecule has 0 spiro atoms. The van der Waals surface area contributed by atoms with Gasteiger partial charge in [-0.05, 0) is 24.1 Å². The smallest absolute Gasteiger partial charge is 0.315 e. The molecule has 110 valence electrons. The van der Waals surface area contributed by atoms with E-state index in [4.69, 9.17) is 0 Å². The lowest BCUT2D eigenvalue weighted by Gasteiger charge is -2.19. The first kappa shape index (κ1) is 15.0. The summed E-state index contributed by atoms with van der Waals surface area (Å²) >= 11 is 0. The van der Waals surface area contributed by atoms with Gasteiger partial charge in [-0.15, -0.1) is 0 Å². The second kappa shape index (κ2) is 8.04. The number of carbonyl (C=O) groups excluding carboxylic acids is 1. The fourth-order valence-corrected chi connectivity index (χ4v) is 2.08. The quantitative estimate of drug-likeness (QED) is 0.799. The normalized spacial score (nSPS) is 11.7. The van der Waals surface area contributed by atoms with Crippen molar-refractivity contribution in [2.24, 2.45) is 0 Å². The molecule has 1 atom stereocenters. The molecule has 1 aromatic carbocycles. The van der Waals surface area contributed by atoms with Crippen molar-refractivity contribution in [1.82, 2.24) is 15.6 Å². The predicted molar refractivity (Wildman–Crippen MR) is 84.0 cm³/mol. The molecule has 2 rings (SSSR count). The van der Waals surface area contributed by atoms with Gasteiger partial charge in [0, 0.05) is 12.7 Å². The van der Waals surface area contributed by atoms with Gasteiger partial charge in [0.15, 0.2) is 0 Å². The minimum absolute atomic E-state index is 0.164. The maximum Gasteiger partial charge on any atom is 0.315 e. The van der Waals surface area contributed by atoms with Crippen LogP contribution in [0.1, 0.15) is 37.1 Å². The highest BCUT2D eigenvalue weighted by Crippen LogP contribution is 2.19. The van der Waals surface area contributed by atoms with Crippen LogP contribution in [0.2, 0.25) is 0 Å². The Kier molecular flexibility index (Phi) is 5.76. The van der Waals surface area contributed by atoms with Gasteiger partial charge in [0.05, 0.1) is 11.7 Å². The first-order valence-electron chi connectivity index (χ1n) is 7.31. The standard InChI is InChI=1S/C17H21N3O/c1-2-3-12-19-17(21)20-16(14-9-5-4-6-10-14)15-11-7-8-13-18-15/h4-11,13,16H,2-3,12H2,1H3,(H2,19,20,21)/t16-/m0/s1. The largest absolute Gasteiger partial charge is 0.338 e. The van der Waals surface area contributed by atoms with Crippen LogP contribution in [0.25, 0.3) is 0 Å². The number of aromatic nitrogens is 1. The van der Waals surface area contributed by atoms with Crippen molar-refractivity contribution in [2.75, 3.05) is 6.54 Å². The van der Waals surface area contributed by atoms with Crippen LogP contribution in [0.3, 0.4) is 0 Å². The number of rotatable bonds is 6. The molecule has 0 aliphatic heterocycles. The lowest BCUT2D eigenvalue weighted by molar-refractivity contribution is 0.238. The zero-order chi connectivity index (χ0) is 14.9. The highest BCUT2D eigenvalue weighted by Gasteiger charge is 2.17. The summed E-state index contributed by atoms with van der Waals surface area (Å²) in [6, 6.07) is 15.2. The second-order valence-electron chi connectivity index (χ2n) is 4.85. The second-order valence-corrected chi connectivity index (χ2v) is 4.85. The monoisotopic (exact) mass is 283 g/mol. The number of benzene rings is 1. The average Bonchev–Trinajstić information content (AvgIpc) is 2.54. The number of amides is 2. The minimum atomic E-state index is -0.242. The fraction of sp³-hybridized carbons (Fsp3) is 0.294. The van der Waals surface area contributed by atoms with E-state index in [-0.39, 0.29) is 12.1 Å². The molecule has 0 bridgehead atoms. The summed E-state index contributed by atoms with van der Waals surface area (Å²) in [4.78, 5) is 16.4. The van der Waals surface area contributed by atoms with Gasteiger partial charge >= 0.3 is 6.03 Å². The van der Waals surface area contributed by atoms with Gasteiger partial charge in [0.1, 0.15) is 0 Å². The van der Waals surface area contributed by atoms with Gasteiger partial charge < -0.3 is 10.6 Å². The summed E-state index contributed by atoms with van der Waals surface area (Å²) in [5.74, 6) is 0. The zero-order valence-corrected chi connectivity index (χ0v) is 12.3. The average molecular weight is 283 g/mol. The number of carbonyl (C=O) groups is 1. The van der Waals surface area contributed by atoms with E-state index in [1.807, 2.05) is 48.5 Å². The van der Waals surface area contributed by atoms with Crippen molar-refractivity contribution in [3.05, 3.63) is 66.0 Å². The third kappa shape index (κ3) is 4.60. The Bertz CT molecular complexity index is 503. The van der Waals surface area contributed by atoms with Crippen molar-refractivity contribution < 1.29 is 4.79 Å². The molecule has 4 nitrogen and oxygen atoms in total. The lowest BCUT2D eigenvalue weighted by Crippen LogP contribution is -2.39. The molecular weight excluding hydrogens is 262 g/mol. The third-order valence-electron chi connectivity index (χ3n) is 3.21. The summed E-state index contributed by atoms with van der Waals surface area (Å²) < 4.78 is 0. The Morgan fingerprint density at radius 2 is 1.90 bits per heavy atom. The van der Waals surface area contributed by atoms with Gasteiger partial charge in [-0.3, -0.25) is 4.98 Å². The Morgan fingerprint density at radius 3 is 2.57 bits per heavy atom. The Morgan fingerprint density at radius 1 is 1.14 bits per heavy atom. The van der Waals surface area contributed by atoms with Crippen LogP contribution in [-0.2, 0) is 0 Å². The number of urea groups is 1. The molecule has 0 aliphatic carbocycles. The van der Waals surface area contributed by atoms with E-state index in [0.717, 1.165) is 24.1 Å². The molecule has 0 unspecified atom stereocenters. The van der Waals surface area contributed by atoms with E-state index >= 15 is 0 Å². The molecule has 1 heterocycles. The number of hydrogen-bond acceptors (Lipinski definition) is 2. The predicted octanol–water partition coefficient (Wildman–Crippen LogP) is 3.27. The number of hydrogen-bond donors (Lipinski definition) is 2. The van der Waals surface area contributed by atoms with Crippen LogP contribution in [0.4, 0.5) is 4.79 Å². The van der Waals surface area contributed by atoms with Gasteiger partial charge in [-0.2, -0.15) is 0 Å². The van der Waals surface area contributed by atoms with Crippen LogP contribution >= 0.6 is 0 Å². The first-order chi connectivity index (χ1) is 10.3. The van der Waals surface area contributed by atoms with Crippen molar-refractivity contribution in [1.29, 1.82) is 0 Å². The molecule has 21 heavy (non-hydrogen) atoms. The molecule has 2 amide bonds. The molecule has 2 aromatic rings. The molecule has 0 aliphatic rings. The number of pyridine rings is 1. The van der Waals surface area contributed by atoms with Crippen LogP contribution in [0, 0.1) is 0 Å². The molecule has 1 aromatic heterocycles. The maximum absolute atomic E-state index is 12.0. The SMILES string of the molecule is CCCCNC(=O)N[C@@H](c1ccccc1)c1ccccn1. The highest BCUT2D eigenvalue weighted by molar-refractivity contribution is 5.74. The topological polar surface area (TPSA) is 54.0 Å². The molecule has 4 heteroatoms. The van der Waals surface area contributed by atoms with Crippen molar-refractivity contribution in [3.63, 3.8) is 0 Å². The van der Waals surface area contributed by atoms with Gasteiger partial charge in [0.25, 0.3) is 0 Å². The van der Waals surface area contributed by atoms with E-state index < -0.39 is 0 Å². The molecular formula is C17H21N3O. The summed E-state index contributed by atoms with van der Waals surface area (Å²) in [6.45, 7) is 2.78. The number of unbranched alkanes of at least 4 members (excludes halogenated alkanes) is 1. The Labute approximate surface area is 125 Å². The van der Waals surface area contributed by atoms with Crippen LogP contribution in [-0.4, -0.2) is 17.6 Å². The minimum Gasteiger partial charge on any atom is -0.338 e. The summed E-state index contributed by atoms with van der Waals surface area (Å²) in [5, 5.41) is 5.87. The summed E-state index contributed by atoms with van der Waals surface area (Å²) in [7, 11) is 0. The molecule has 0 saturated heterocycles. The Balaban J connectivity index is 2.12. The van der Waals surface area contributed by atoms with E-state index in [1.54, 1.807) is 6.20 Å². The summed E-state index contributed by atoms with van der Waals surface area (Å²) in [5.41, 5.74) is 1.84. The van der Waals surface area contributed by atoms with E-state index in [9.17, 15) is 4.79 Å². The Hall–Kier alpha value is -2.36. The van der Waals surface area contributed by atoms with Crippen LogP contribution in [0.5, 0.6) is 0 Å². The van der Waals surface area contributed by atoms with E-state index in [0.29, 0.717) is 6.54 Å². The molecule has 0 fully saturated rings. The molecule has 0 saturated carbocycles. The van der Waals surface area contributed by atoms with Crippen LogP contribution in [0.15, 0.2) is 54.7 Å². The summed E-state index contributed by atoms with van der Waals surface area (Å²) in [6.07, 6.45) is 3.78. The number of nitrogens with one attached hydrogen (secondary N) is 2. The number of nitrogens with zero attached hydrogens (tertiary/aromatic N) is 1.